The van der Waals surface area contributed by atoms with Crippen LogP contribution < -0.4 is 18.9 Å². The molecule has 0 bridgehead atoms. The molecule has 1 aliphatic carbocycles. The van der Waals surface area contributed by atoms with Gasteiger partial charge in [-0.05, 0) is 204 Å². The van der Waals surface area contributed by atoms with Crippen molar-refractivity contribution in [2.24, 2.45) is 0 Å². The van der Waals surface area contributed by atoms with Crippen LogP contribution in [0, 0.1) is 0 Å². The Morgan fingerprint density at radius 1 is 0.252 bits per heavy atom. The van der Waals surface area contributed by atoms with E-state index >= 15 is 0 Å². The van der Waals surface area contributed by atoms with Crippen LogP contribution in [0.3, 0.4) is 0 Å². The first-order valence-electron chi connectivity index (χ1n) is 40.4. The number of hydrogen-bond donors (Lipinski definition) is 4. The summed E-state index contributed by atoms with van der Waals surface area (Å²) in [6, 6.07) is 121. The van der Waals surface area contributed by atoms with E-state index in [1.165, 1.54) is 169 Å². The van der Waals surface area contributed by atoms with Gasteiger partial charge in [0.05, 0.1) is 60.5 Å². The monoisotopic (exact) mass is 1550 g/mol. The normalized spacial score (nSPS) is 11.8. The van der Waals surface area contributed by atoms with E-state index in [0.29, 0.717) is 24.6 Å². The van der Waals surface area contributed by atoms with E-state index in [1.54, 1.807) is 32.4 Å². The van der Waals surface area contributed by atoms with Gasteiger partial charge in [0.1, 0.15) is 47.7 Å². The molecular formula is C108H83N3O8. The predicted octanol–water partition coefficient (Wildman–Crippen LogP) is 25.2. The zero-order chi connectivity index (χ0) is 80.2. The maximum Gasteiger partial charge on any atom is 0.123 e. The van der Waals surface area contributed by atoms with E-state index in [4.69, 9.17) is 18.9 Å². The van der Waals surface area contributed by atoms with Crippen molar-refractivity contribution in [1.29, 1.82) is 0 Å². The molecular weight excluding hydrogens is 1470 g/mol. The molecule has 11 heteroatoms. The van der Waals surface area contributed by atoms with Crippen LogP contribution in [0.5, 0.6) is 34.5 Å². The van der Waals surface area contributed by atoms with Gasteiger partial charge in [-0.15, -0.1) is 0 Å². The molecule has 0 saturated heterocycles. The summed E-state index contributed by atoms with van der Waals surface area (Å²) in [7, 11) is 3.38. The molecule has 11 nitrogen and oxygen atoms in total. The predicted molar refractivity (Wildman–Crippen MR) is 491 cm³/mol. The first-order valence-corrected chi connectivity index (χ1v) is 40.4. The van der Waals surface area contributed by atoms with E-state index in [0.717, 1.165) is 52.2 Å². The molecule has 0 radical (unpaired) electrons. The Labute approximate surface area is 686 Å². The van der Waals surface area contributed by atoms with Crippen LogP contribution in [0.1, 0.15) is 27.8 Å². The number of phenolic OH excluding ortho intramolecular Hbond substituents is 2. The number of aromatic hydroxyl groups is 2. The van der Waals surface area contributed by atoms with Crippen molar-refractivity contribution in [3.05, 3.63) is 374 Å². The first kappa shape index (κ1) is 73.3. The third-order valence-corrected chi connectivity index (χ3v) is 23.7. The minimum atomic E-state index is -0.0654. The van der Waals surface area contributed by atoms with E-state index in [1.807, 2.05) is 18.2 Å². The zero-order valence-electron chi connectivity index (χ0n) is 65.8. The molecule has 19 aromatic carbocycles. The van der Waals surface area contributed by atoms with E-state index < -0.39 is 0 Å². The van der Waals surface area contributed by atoms with Gasteiger partial charge in [0.2, 0.25) is 0 Å². The Hall–Kier alpha value is -14.6. The number of aliphatic hydroxyl groups excluding tert-OH is 2. The molecule has 3 heterocycles. The highest BCUT2D eigenvalue weighted by molar-refractivity contribution is 6.31. The zero-order valence-corrected chi connectivity index (χ0v) is 65.8. The molecule has 0 aliphatic heterocycles. The molecule has 0 unspecified atom stereocenters. The number of rotatable bonds is 14. The van der Waals surface area contributed by atoms with Crippen LogP contribution in [0.4, 0.5) is 0 Å². The molecule has 4 N–H and O–H groups in total. The number of aliphatic hydroxyl groups is 2. The quantitative estimate of drug-likeness (QED) is 0.0846. The van der Waals surface area contributed by atoms with Crippen molar-refractivity contribution in [2.45, 2.75) is 26.1 Å². The van der Waals surface area contributed by atoms with Crippen LogP contribution in [0.2, 0.25) is 0 Å². The summed E-state index contributed by atoms with van der Waals surface area (Å²) in [5.74, 6) is 3.01. The molecule has 3 aromatic heterocycles. The first-order chi connectivity index (χ1) is 58.6. The highest BCUT2D eigenvalue weighted by Gasteiger charge is 2.25. The molecule has 0 saturated carbocycles. The van der Waals surface area contributed by atoms with E-state index in [2.05, 4.69) is 317 Å². The summed E-state index contributed by atoms with van der Waals surface area (Å²) in [5, 5.41) is 66.3. The number of aromatic nitrogens is 3. The van der Waals surface area contributed by atoms with Gasteiger partial charge in [0.15, 0.2) is 0 Å². The van der Waals surface area contributed by atoms with Gasteiger partial charge in [-0.3, -0.25) is 0 Å². The van der Waals surface area contributed by atoms with E-state index in [-0.39, 0.29) is 37.9 Å². The average Bonchev–Trinajstić information content (AvgIpc) is 1.58. The van der Waals surface area contributed by atoms with Crippen LogP contribution in [-0.2, 0) is 26.1 Å². The lowest BCUT2D eigenvalue weighted by atomic mass is 9.94. The average molecular weight is 1550 g/mol. The SMILES string of the molecule is COc1cc(Cn2c3ccc4ccccc4c3c3c4ccccc4ccc32)cc(OC)c1.OCCOc1cc(Cn2c3ccc4ccccc4c3c3c4ccccc4ccc32)cc(OCCO)c1.Oc1cc(O)cc(Cn2c3ccc4ccccc4c3c3c4ccccc4ccc32)c1.c1ccc2c3c(ccc2c1)Cc1ccc2ccccc2c1-3. The van der Waals surface area contributed by atoms with Crippen molar-refractivity contribution in [2.75, 3.05) is 40.6 Å². The summed E-state index contributed by atoms with van der Waals surface area (Å²) in [6.45, 7) is 2.17. The molecule has 119 heavy (non-hydrogen) atoms. The van der Waals surface area contributed by atoms with E-state index in [9.17, 15) is 20.4 Å². The highest BCUT2D eigenvalue weighted by atomic mass is 16.5. The van der Waals surface area contributed by atoms with Crippen LogP contribution in [0.15, 0.2) is 346 Å². The fraction of sp³-hybridized carbons (Fsp3) is 0.0926. The Morgan fingerprint density at radius 3 is 0.765 bits per heavy atom. The molecule has 0 fully saturated rings. The Kier molecular flexibility index (Phi) is 19.2. The van der Waals surface area contributed by atoms with Gasteiger partial charge >= 0.3 is 0 Å². The Balaban J connectivity index is 0.000000103. The Bertz CT molecular complexity index is 7310. The van der Waals surface area contributed by atoms with Gasteiger partial charge in [0, 0.05) is 70.2 Å². The summed E-state index contributed by atoms with van der Waals surface area (Å²) in [4.78, 5) is 0. The molecule has 0 spiro atoms. The smallest absolute Gasteiger partial charge is 0.123 e. The summed E-state index contributed by atoms with van der Waals surface area (Å²) in [5.41, 5.74) is 15.9. The summed E-state index contributed by atoms with van der Waals surface area (Å²) >= 11 is 0. The van der Waals surface area contributed by atoms with Crippen LogP contribution in [0.25, 0.3) is 163 Å². The standard InChI is InChI=1S/C31H27NO4.C29H23NO2.C27H19NO2.C21H14/c33-13-15-35-24-17-21(18-25(19-24)36-16-14-34)20-32-28-11-9-22-5-1-3-7-26(22)30(28)31-27-8-4-2-6-23(27)10-12-29(31)32;1-31-22-15-19(16-23(17-22)32-2)18-30-26-13-11-20-7-3-5-9-24(20)28(26)29-25-10-6-4-8-21(25)12-14-27(29)30;29-20-13-17(14-21(30)15-20)16-28-24-11-9-18-5-1-3-7-22(18)26(24)27-23-8-4-2-6-19(23)10-12-25(27)28;1-3-7-18-14(5-1)9-11-16-13-17-12-10-15-6-2-4-8-19(15)21(17)20(16)18/h1-12,17-19,33-34H,13-16,20H2;3-17H,18H2,1-2H3;1-15,29-30H,16H2;1-12H,13H2. The minimum Gasteiger partial charge on any atom is -0.508 e. The number of hydrogen-bond acceptors (Lipinski definition) is 8. The van der Waals surface area contributed by atoms with Gasteiger partial charge in [-0.1, -0.05) is 255 Å². The number of nitrogens with zero attached hydrogens (tertiary/aromatic N) is 3. The lowest BCUT2D eigenvalue weighted by molar-refractivity contribution is 0.194. The molecule has 1 aliphatic rings. The Morgan fingerprint density at radius 2 is 0.487 bits per heavy atom. The van der Waals surface area contributed by atoms with Gasteiger partial charge in [-0.25, -0.2) is 0 Å². The minimum absolute atomic E-state index is 0.0654. The number of ether oxygens (including phenoxy) is 4. The number of fused-ring (bicyclic) bond motifs is 28. The second-order valence-electron chi connectivity index (χ2n) is 30.7. The maximum atomic E-state index is 9.96. The van der Waals surface area contributed by atoms with Crippen LogP contribution in [-0.4, -0.2) is 74.8 Å². The molecule has 23 rings (SSSR count). The van der Waals surface area contributed by atoms with Crippen LogP contribution >= 0.6 is 0 Å². The summed E-state index contributed by atoms with van der Waals surface area (Å²) in [6.07, 6.45) is 1.06. The third kappa shape index (κ3) is 13.4. The van der Waals surface area contributed by atoms with Gasteiger partial charge in [-0.2, -0.15) is 0 Å². The molecule has 0 atom stereocenters. The molecule has 0 amide bonds. The molecule has 22 aromatic rings. The maximum absolute atomic E-state index is 9.96. The lowest BCUT2D eigenvalue weighted by Crippen LogP contribution is -2.06. The van der Waals surface area contributed by atoms with Crippen molar-refractivity contribution in [3.63, 3.8) is 0 Å². The van der Waals surface area contributed by atoms with Crippen molar-refractivity contribution in [3.8, 4) is 45.6 Å². The second-order valence-corrected chi connectivity index (χ2v) is 30.7. The lowest BCUT2D eigenvalue weighted by Gasteiger charge is -2.14. The molecule has 578 valence electrons. The number of benzene rings is 19. The number of phenols is 2. The summed E-state index contributed by atoms with van der Waals surface area (Å²) < 4.78 is 29.5. The largest absolute Gasteiger partial charge is 0.508 e. The number of methoxy groups -OCH3 is 2. The van der Waals surface area contributed by atoms with Gasteiger partial charge in [0.25, 0.3) is 0 Å². The topological polar surface area (TPSA) is 133 Å². The van der Waals surface area contributed by atoms with Crippen molar-refractivity contribution >= 4 is 152 Å². The van der Waals surface area contributed by atoms with Gasteiger partial charge < -0.3 is 53.1 Å². The highest BCUT2D eigenvalue weighted by Crippen LogP contribution is 2.47. The van der Waals surface area contributed by atoms with Crippen molar-refractivity contribution in [1.82, 2.24) is 13.7 Å². The fourth-order valence-corrected chi connectivity index (χ4v) is 18.6. The van der Waals surface area contributed by atoms with Crippen molar-refractivity contribution < 1.29 is 39.4 Å². The third-order valence-electron chi connectivity index (χ3n) is 23.7. The fourth-order valence-electron chi connectivity index (χ4n) is 18.6. The second kappa shape index (κ2) is 31.2.